The number of carbonyl (C=O) groups is 4. The molecule has 3 aliphatic rings. The molecule has 7 heteroatoms. The lowest BCUT2D eigenvalue weighted by molar-refractivity contribution is 0.0607. The fraction of sp³-hybridized carbons (Fsp3) is 0.362. The van der Waals surface area contributed by atoms with Crippen LogP contribution in [-0.4, -0.2) is 48.2 Å². The molecule has 0 radical (unpaired) electrons. The van der Waals surface area contributed by atoms with E-state index in [1.54, 1.807) is 0 Å². The molecule has 0 atom stereocenters. The maximum absolute atomic E-state index is 14.3. The summed E-state index contributed by atoms with van der Waals surface area (Å²) in [7, 11) is 0. The first-order valence-corrected chi connectivity index (χ1v) is 20.3. The standard InChI is InChI=1S/C47H47N3O4/c1-2-3-4-5-6-7-8-9-10-14-28-49-44(51)36-22-18-32-34-20-24-38-43-39(25-21-35(41(34)43)33-19-23-37(45(49)52)42(36)40(32)33)47(54)50(46(38)53)31-17-15-16-30(29-31)48-26-12-11-13-27-48/h15-25,29H,2-14,26-28H2,1H3. The number of rotatable bonds is 13. The Morgan fingerprint density at radius 3 is 1.41 bits per heavy atom. The molecule has 0 saturated carbocycles. The summed E-state index contributed by atoms with van der Waals surface area (Å²) in [5.41, 5.74) is 3.71. The van der Waals surface area contributed by atoms with Crippen molar-refractivity contribution in [2.45, 2.75) is 90.4 Å². The van der Waals surface area contributed by atoms with E-state index in [1.165, 1.54) is 61.2 Å². The van der Waals surface area contributed by atoms with Gasteiger partial charge in [-0.25, -0.2) is 4.90 Å². The monoisotopic (exact) mass is 717 g/mol. The topological polar surface area (TPSA) is 78.0 Å². The molecule has 6 aromatic rings. The third-order valence-electron chi connectivity index (χ3n) is 12.3. The summed E-state index contributed by atoms with van der Waals surface area (Å²) in [5, 5.41) is 6.71. The molecule has 1 fully saturated rings. The number of anilines is 2. The van der Waals surface area contributed by atoms with Crippen molar-refractivity contribution in [2.75, 3.05) is 29.4 Å². The van der Waals surface area contributed by atoms with Crippen LogP contribution < -0.4 is 9.80 Å². The van der Waals surface area contributed by atoms with E-state index < -0.39 is 0 Å². The van der Waals surface area contributed by atoms with E-state index in [1.807, 2.05) is 66.7 Å². The highest BCUT2D eigenvalue weighted by molar-refractivity contribution is 6.43. The summed E-state index contributed by atoms with van der Waals surface area (Å²) in [6, 6.07) is 23.1. The quantitative estimate of drug-likeness (QED) is 0.0514. The predicted octanol–water partition coefficient (Wildman–Crippen LogP) is 11.0. The summed E-state index contributed by atoms with van der Waals surface area (Å²) in [5.74, 6) is -1.13. The zero-order chi connectivity index (χ0) is 36.9. The Hall–Kier alpha value is -5.30. The van der Waals surface area contributed by atoms with E-state index in [0.717, 1.165) is 83.2 Å². The minimum atomic E-state index is -0.332. The Morgan fingerprint density at radius 1 is 0.463 bits per heavy atom. The Balaban J connectivity index is 1.03. The minimum Gasteiger partial charge on any atom is -0.371 e. The predicted molar refractivity (Wildman–Crippen MR) is 219 cm³/mol. The van der Waals surface area contributed by atoms with Gasteiger partial charge in [-0.1, -0.05) is 95.0 Å². The third kappa shape index (κ3) is 5.54. The normalized spacial score (nSPS) is 16.0. The largest absolute Gasteiger partial charge is 0.371 e. The fourth-order valence-corrected chi connectivity index (χ4v) is 9.49. The van der Waals surface area contributed by atoms with Crippen LogP contribution in [0.2, 0.25) is 0 Å². The van der Waals surface area contributed by atoms with E-state index in [2.05, 4.69) is 17.9 Å². The van der Waals surface area contributed by atoms with Crippen molar-refractivity contribution in [1.82, 2.24) is 4.90 Å². The van der Waals surface area contributed by atoms with Crippen LogP contribution >= 0.6 is 0 Å². The number of hydrogen-bond donors (Lipinski definition) is 0. The Labute approximate surface area is 316 Å². The SMILES string of the molecule is CCCCCCCCCCCCN1C(=O)c2ccc3c4ccc5c6c(ccc(c7ccc(c2c37)C1=O)c64)C(=O)N(c1cccc(N2CCCCC2)c1)C5=O. The van der Waals surface area contributed by atoms with Crippen LogP contribution in [0.5, 0.6) is 0 Å². The molecular weight excluding hydrogens is 671 g/mol. The average molecular weight is 718 g/mol. The first-order chi connectivity index (χ1) is 26.5. The van der Waals surface area contributed by atoms with Gasteiger partial charge < -0.3 is 4.90 Å². The van der Waals surface area contributed by atoms with Gasteiger partial charge in [-0.15, -0.1) is 0 Å². The van der Waals surface area contributed by atoms with E-state index >= 15 is 0 Å². The molecule has 3 heterocycles. The lowest BCUT2D eigenvalue weighted by Gasteiger charge is -2.32. The molecule has 1 saturated heterocycles. The maximum atomic E-state index is 14.3. The fourth-order valence-electron chi connectivity index (χ4n) is 9.49. The molecule has 0 aromatic heterocycles. The molecule has 0 bridgehead atoms. The highest BCUT2D eigenvalue weighted by Gasteiger charge is 2.37. The van der Waals surface area contributed by atoms with Crippen molar-refractivity contribution < 1.29 is 19.2 Å². The third-order valence-corrected chi connectivity index (χ3v) is 12.3. The van der Waals surface area contributed by atoms with Gasteiger partial charge in [0.25, 0.3) is 23.6 Å². The van der Waals surface area contributed by atoms with Crippen molar-refractivity contribution in [2.24, 2.45) is 0 Å². The van der Waals surface area contributed by atoms with Crippen LogP contribution in [0.15, 0.2) is 72.8 Å². The van der Waals surface area contributed by atoms with Crippen molar-refractivity contribution in [3.8, 4) is 0 Å². The number of hydrogen-bond acceptors (Lipinski definition) is 5. The van der Waals surface area contributed by atoms with Gasteiger partial charge in [0.1, 0.15) is 0 Å². The van der Waals surface area contributed by atoms with E-state index in [4.69, 9.17) is 0 Å². The number of carbonyl (C=O) groups excluding carboxylic acids is 4. The van der Waals surface area contributed by atoms with Crippen molar-refractivity contribution >= 4 is 78.1 Å². The summed E-state index contributed by atoms with van der Waals surface area (Å²) >= 11 is 0. The molecule has 7 nitrogen and oxygen atoms in total. The number of fused-ring (bicyclic) bond motifs is 2. The van der Waals surface area contributed by atoms with Gasteiger partial charge >= 0.3 is 0 Å². The summed E-state index contributed by atoms with van der Waals surface area (Å²) in [6.07, 6.45) is 15.4. The average Bonchev–Trinajstić information content (AvgIpc) is 3.20. The van der Waals surface area contributed by atoms with E-state index in [0.29, 0.717) is 45.3 Å². The van der Waals surface area contributed by atoms with Crippen molar-refractivity contribution in [1.29, 1.82) is 0 Å². The van der Waals surface area contributed by atoms with Crippen LogP contribution in [-0.2, 0) is 0 Å². The molecule has 54 heavy (non-hydrogen) atoms. The van der Waals surface area contributed by atoms with Gasteiger partial charge in [-0.2, -0.15) is 0 Å². The molecule has 4 amide bonds. The van der Waals surface area contributed by atoms with Crippen molar-refractivity contribution in [3.05, 3.63) is 95.1 Å². The lowest BCUT2D eigenvalue weighted by Crippen LogP contribution is -2.41. The Morgan fingerprint density at radius 2 is 0.907 bits per heavy atom. The number of imide groups is 2. The molecule has 0 aliphatic carbocycles. The zero-order valence-corrected chi connectivity index (χ0v) is 31.2. The zero-order valence-electron chi connectivity index (χ0n) is 31.2. The maximum Gasteiger partial charge on any atom is 0.265 e. The lowest BCUT2D eigenvalue weighted by atomic mass is 9.82. The number of amides is 4. The van der Waals surface area contributed by atoms with Gasteiger partial charge in [-0.3, -0.25) is 24.1 Å². The van der Waals surface area contributed by atoms with Crippen LogP contribution in [0.3, 0.4) is 0 Å². The van der Waals surface area contributed by atoms with Gasteiger partial charge in [0, 0.05) is 58.3 Å². The van der Waals surface area contributed by atoms with Crippen LogP contribution in [0, 0.1) is 0 Å². The van der Waals surface area contributed by atoms with E-state index in [-0.39, 0.29) is 23.6 Å². The minimum absolute atomic E-state index is 0.233. The second-order valence-corrected chi connectivity index (χ2v) is 15.6. The van der Waals surface area contributed by atoms with Crippen LogP contribution in [0.25, 0.3) is 43.1 Å². The summed E-state index contributed by atoms with van der Waals surface area (Å²) < 4.78 is 0. The van der Waals surface area contributed by atoms with Crippen molar-refractivity contribution in [3.63, 3.8) is 0 Å². The molecule has 3 aliphatic heterocycles. The first kappa shape index (κ1) is 34.5. The Kier molecular flexibility index (Phi) is 9.04. The molecule has 0 N–H and O–H groups in total. The Bertz CT molecular complexity index is 2360. The van der Waals surface area contributed by atoms with Gasteiger partial charge in [0.15, 0.2) is 0 Å². The summed E-state index contributed by atoms with van der Waals surface area (Å²) in [6.45, 7) is 4.60. The van der Waals surface area contributed by atoms with Crippen LogP contribution in [0.4, 0.5) is 11.4 Å². The number of benzene rings is 6. The second-order valence-electron chi connectivity index (χ2n) is 15.6. The molecule has 0 unspecified atom stereocenters. The molecule has 6 aromatic carbocycles. The molecule has 274 valence electrons. The molecule has 9 rings (SSSR count). The van der Waals surface area contributed by atoms with Gasteiger partial charge in [0.05, 0.1) is 5.69 Å². The number of nitrogens with zero attached hydrogens (tertiary/aromatic N) is 3. The highest BCUT2D eigenvalue weighted by Crippen LogP contribution is 2.46. The molecular formula is C47H47N3O4. The first-order valence-electron chi connectivity index (χ1n) is 20.3. The van der Waals surface area contributed by atoms with E-state index in [9.17, 15) is 19.2 Å². The van der Waals surface area contributed by atoms with Gasteiger partial charge in [0.2, 0.25) is 0 Å². The highest BCUT2D eigenvalue weighted by atomic mass is 16.2. The van der Waals surface area contributed by atoms with Crippen LogP contribution in [0.1, 0.15) is 132 Å². The summed E-state index contributed by atoms with van der Waals surface area (Å²) in [4.78, 5) is 61.6. The van der Waals surface area contributed by atoms with Gasteiger partial charge in [-0.05, 0) is 100 Å². The smallest absolute Gasteiger partial charge is 0.265 e. The second kappa shape index (κ2) is 14.2. The number of unbranched alkanes of at least 4 members (excludes halogenated alkanes) is 9. The number of piperidine rings is 1. The molecule has 0 spiro atoms.